The number of fused-ring (bicyclic) bond motifs is 1. The standard InChI is InChI=1S/C28H30FN3O5S/c1-5-21-25(27(34)37-4)26(18-7-6-8-19(29)14-18)32-20(16-38-28(32)31-21)15-24(33)30-12-11-17-9-10-22(35-2)23(13-17)36-3/h6-10,13-14,16,26H,5,11-12,15H2,1-4H3,(H,30,33)/t26-/m1/s1. The van der Waals surface area contributed by atoms with Crippen LogP contribution in [-0.4, -0.2) is 49.8 Å². The first-order chi connectivity index (χ1) is 18.4. The van der Waals surface area contributed by atoms with Crippen molar-refractivity contribution in [3.8, 4) is 11.5 Å². The Morgan fingerprint density at radius 2 is 1.89 bits per heavy atom. The zero-order valence-electron chi connectivity index (χ0n) is 21.7. The second kappa shape index (κ2) is 12.2. The number of nitrogens with zero attached hydrogens (tertiary/aromatic N) is 2. The zero-order chi connectivity index (χ0) is 27.2. The number of rotatable bonds is 10. The van der Waals surface area contributed by atoms with E-state index in [0.717, 1.165) is 5.56 Å². The summed E-state index contributed by atoms with van der Waals surface area (Å²) < 4.78 is 30.0. The van der Waals surface area contributed by atoms with Gasteiger partial charge >= 0.3 is 5.97 Å². The van der Waals surface area contributed by atoms with Crippen molar-refractivity contribution < 1.29 is 28.2 Å². The zero-order valence-corrected chi connectivity index (χ0v) is 22.6. The largest absolute Gasteiger partial charge is 0.493 e. The molecule has 2 aromatic rings. The first-order valence-corrected chi connectivity index (χ1v) is 13.1. The van der Waals surface area contributed by atoms with Crippen LogP contribution in [0.5, 0.6) is 11.5 Å². The summed E-state index contributed by atoms with van der Waals surface area (Å²) in [5.74, 6) is 0.144. The Morgan fingerprint density at radius 1 is 1.11 bits per heavy atom. The third kappa shape index (κ3) is 5.70. The van der Waals surface area contributed by atoms with E-state index < -0.39 is 17.8 Å². The number of carbonyl (C=O) groups excluding carboxylic acids is 2. The molecule has 1 atom stereocenters. The first-order valence-electron chi connectivity index (χ1n) is 12.2. The summed E-state index contributed by atoms with van der Waals surface area (Å²) in [6, 6.07) is 11.1. The molecule has 0 radical (unpaired) electrons. The summed E-state index contributed by atoms with van der Waals surface area (Å²) in [4.78, 5) is 32.4. The molecule has 1 N–H and O–H groups in total. The maximum absolute atomic E-state index is 14.3. The maximum Gasteiger partial charge on any atom is 0.338 e. The van der Waals surface area contributed by atoms with E-state index in [4.69, 9.17) is 14.2 Å². The minimum atomic E-state index is -0.665. The molecule has 2 aliphatic rings. The smallest absolute Gasteiger partial charge is 0.338 e. The number of methoxy groups -OCH3 is 3. The Morgan fingerprint density at radius 3 is 2.58 bits per heavy atom. The predicted octanol–water partition coefficient (Wildman–Crippen LogP) is 4.73. The van der Waals surface area contributed by atoms with Crippen molar-refractivity contribution in [3.63, 3.8) is 0 Å². The van der Waals surface area contributed by atoms with Crippen molar-refractivity contribution in [1.29, 1.82) is 0 Å². The lowest BCUT2D eigenvalue weighted by Gasteiger charge is -2.36. The second-order valence-corrected chi connectivity index (χ2v) is 9.46. The van der Waals surface area contributed by atoms with Crippen LogP contribution in [0.15, 0.2) is 69.8 Å². The molecule has 2 aliphatic heterocycles. The Hall–Kier alpha value is -3.79. The highest BCUT2D eigenvalue weighted by Crippen LogP contribution is 2.45. The average Bonchev–Trinajstić information content (AvgIpc) is 3.33. The van der Waals surface area contributed by atoms with E-state index in [0.29, 0.717) is 58.6 Å². The van der Waals surface area contributed by atoms with Gasteiger partial charge in [-0.3, -0.25) is 4.79 Å². The lowest BCUT2D eigenvalue weighted by Crippen LogP contribution is -2.38. The van der Waals surface area contributed by atoms with Crippen molar-refractivity contribution in [2.75, 3.05) is 27.9 Å². The number of halogens is 1. The number of carbonyl (C=O) groups is 2. The van der Waals surface area contributed by atoms with Crippen molar-refractivity contribution in [2.24, 2.45) is 4.99 Å². The van der Waals surface area contributed by atoms with Gasteiger partial charge in [0.15, 0.2) is 16.7 Å². The van der Waals surface area contributed by atoms with Crippen LogP contribution in [0.4, 0.5) is 4.39 Å². The van der Waals surface area contributed by atoms with Gasteiger partial charge in [-0.25, -0.2) is 14.2 Å². The lowest BCUT2D eigenvalue weighted by atomic mass is 9.93. The molecule has 2 heterocycles. The van der Waals surface area contributed by atoms with Gasteiger partial charge in [0.2, 0.25) is 5.91 Å². The van der Waals surface area contributed by atoms with Crippen molar-refractivity contribution in [1.82, 2.24) is 10.2 Å². The number of thioether (sulfide) groups is 1. The number of aliphatic imine (C=N–C) groups is 1. The topological polar surface area (TPSA) is 89.5 Å². The molecule has 1 amide bonds. The number of nitrogens with one attached hydrogen (secondary N) is 1. The molecule has 0 fully saturated rings. The maximum atomic E-state index is 14.3. The van der Waals surface area contributed by atoms with Gasteiger partial charge < -0.3 is 24.4 Å². The van der Waals surface area contributed by atoms with Gasteiger partial charge in [-0.2, -0.15) is 0 Å². The summed E-state index contributed by atoms with van der Waals surface area (Å²) in [7, 11) is 4.47. The number of hydrogen-bond acceptors (Lipinski definition) is 8. The van der Waals surface area contributed by atoms with Gasteiger partial charge in [-0.15, -0.1) is 0 Å². The Balaban J connectivity index is 1.51. The molecule has 8 nitrogen and oxygen atoms in total. The molecule has 0 bridgehead atoms. The van der Waals surface area contributed by atoms with Gasteiger partial charge in [-0.05, 0) is 53.6 Å². The molecule has 38 heavy (non-hydrogen) atoms. The molecule has 10 heteroatoms. The van der Waals surface area contributed by atoms with E-state index in [1.54, 1.807) is 26.4 Å². The van der Waals surface area contributed by atoms with Crippen LogP contribution in [0.2, 0.25) is 0 Å². The van der Waals surface area contributed by atoms with Gasteiger partial charge in [-0.1, -0.05) is 36.9 Å². The van der Waals surface area contributed by atoms with Crippen LogP contribution < -0.4 is 14.8 Å². The monoisotopic (exact) mass is 539 g/mol. The van der Waals surface area contributed by atoms with E-state index in [2.05, 4.69) is 10.3 Å². The van der Waals surface area contributed by atoms with Crippen molar-refractivity contribution in [2.45, 2.75) is 32.2 Å². The third-order valence-corrected chi connectivity index (χ3v) is 7.21. The van der Waals surface area contributed by atoms with Gasteiger partial charge in [0.25, 0.3) is 0 Å². The van der Waals surface area contributed by atoms with Gasteiger partial charge in [0, 0.05) is 12.2 Å². The summed E-state index contributed by atoms with van der Waals surface area (Å²) in [6.07, 6.45) is 1.18. The van der Waals surface area contributed by atoms with Crippen LogP contribution in [0, 0.1) is 5.82 Å². The van der Waals surface area contributed by atoms with E-state index in [-0.39, 0.29) is 12.3 Å². The molecular weight excluding hydrogens is 509 g/mol. The number of esters is 1. The average molecular weight is 540 g/mol. The molecule has 0 aromatic heterocycles. The summed E-state index contributed by atoms with van der Waals surface area (Å²) in [5, 5.41) is 5.45. The fraction of sp³-hybridized carbons (Fsp3) is 0.321. The number of hydrogen-bond donors (Lipinski definition) is 1. The summed E-state index contributed by atoms with van der Waals surface area (Å²) >= 11 is 1.38. The molecule has 4 rings (SSSR count). The normalized spacial score (nSPS) is 16.4. The minimum Gasteiger partial charge on any atom is -0.493 e. The van der Waals surface area contributed by atoms with Crippen LogP contribution in [-0.2, 0) is 20.7 Å². The van der Waals surface area contributed by atoms with Crippen molar-refractivity contribution in [3.05, 3.63) is 81.8 Å². The highest BCUT2D eigenvalue weighted by atomic mass is 32.2. The second-order valence-electron chi connectivity index (χ2n) is 8.62. The van der Waals surface area contributed by atoms with E-state index in [1.165, 1.54) is 31.0 Å². The first kappa shape index (κ1) is 27.3. The lowest BCUT2D eigenvalue weighted by molar-refractivity contribution is -0.136. The van der Waals surface area contributed by atoms with E-state index in [1.807, 2.05) is 35.4 Å². The van der Waals surface area contributed by atoms with E-state index in [9.17, 15) is 14.0 Å². The molecule has 0 aliphatic carbocycles. The number of allylic oxidation sites excluding steroid dienone is 1. The van der Waals surface area contributed by atoms with Gasteiger partial charge in [0.05, 0.1) is 45.1 Å². The quantitative estimate of drug-likeness (QED) is 0.437. The number of benzene rings is 2. The van der Waals surface area contributed by atoms with Gasteiger partial charge in [0.1, 0.15) is 5.82 Å². The Kier molecular flexibility index (Phi) is 8.73. The Labute approximate surface area is 225 Å². The highest BCUT2D eigenvalue weighted by Gasteiger charge is 2.41. The molecule has 0 saturated heterocycles. The fourth-order valence-electron chi connectivity index (χ4n) is 4.51. The number of ether oxygens (including phenoxy) is 3. The fourth-order valence-corrected chi connectivity index (χ4v) is 5.45. The number of amidine groups is 1. The van der Waals surface area contributed by atoms with Crippen LogP contribution >= 0.6 is 11.8 Å². The SMILES string of the molecule is CCC1=C(C(=O)OC)[C@@H](c2cccc(F)c2)N2C(CC(=O)NCCc3ccc(OC)c(OC)c3)=CSC2=N1. The van der Waals surface area contributed by atoms with Crippen LogP contribution in [0.1, 0.15) is 36.9 Å². The third-order valence-electron chi connectivity index (χ3n) is 6.32. The predicted molar refractivity (Wildman–Crippen MR) is 144 cm³/mol. The molecule has 0 spiro atoms. The van der Waals surface area contributed by atoms with Crippen molar-refractivity contribution >= 4 is 28.8 Å². The molecule has 200 valence electrons. The number of amides is 1. The minimum absolute atomic E-state index is 0.0691. The summed E-state index contributed by atoms with van der Waals surface area (Å²) in [6.45, 7) is 2.33. The van der Waals surface area contributed by atoms with Crippen LogP contribution in [0.3, 0.4) is 0 Å². The Bertz CT molecular complexity index is 1320. The highest BCUT2D eigenvalue weighted by molar-refractivity contribution is 8.16. The molecule has 0 unspecified atom stereocenters. The van der Waals surface area contributed by atoms with E-state index >= 15 is 0 Å². The molecule has 0 saturated carbocycles. The van der Waals surface area contributed by atoms with Crippen LogP contribution in [0.25, 0.3) is 0 Å². The molecule has 2 aromatic carbocycles. The molecular formula is C28H30FN3O5S. The summed E-state index contributed by atoms with van der Waals surface area (Å²) in [5.41, 5.74) is 3.16.